The molecule has 0 bridgehead atoms. The minimum absolute atomic E-state index is 0.100. The van der Waals surface area contributed by atoms with Crippen molar-refractivity contribution in [2.75, 3.05) is 32.8 Å². The van der Waals surface area contributed by atoms with Gasteiger partial charge < -0.3 is 9.64 Å². The molecule has 8 heteroatoms. The number of rotatable bonds is 6. The Bertz CT molecular complexity index is 1190. The standard InChI is InChI=1S/C24H23FN2O4S/c25-21-11-5-7-13-23(21)32(29,30)27-16-14-26(15-17-27)24(28)18-31-22-12-6-4-10-20(22)19-8-2-1-3-9-19/h1-13H,14-18H2. The van der Waals surface area contributed by atoms with E-state index in [2.05, 4.69) is 0 Å². The molecule has 1 heterocycles. The molecule has 1 aliphatic heterocycles. The van der Waals surface area contributed by atoms with E-state index in [0.717, 1.165) is 17.2 Å². The van der Waals surface area contributed by atoms with E-state index < -0.39 is 15.8 Å². The molecule has 1 fully saturated rings. The number of halogens is 1. The second-order valence-corrected chi connectivity index (χ2v) is 9.27. The van der Waals surface area contributed by atoms with Crippen LogP contribution in [0.4, 0.5) is 4.39 Å². The lowest BCUT2D eigenvalue weighted by Gasteiger charge is -2.34. The Hall–Kier alpha value is -3.23. The number of benzene rings is 3. The molecule has 1 amide bonds. The third kappa shape index (κ3) is 4.66. The molecule has 0 saturated carbocycles. The highest BCUT2D eigenvalue weighted by Gasteiger charge is 2.31. The van der Waals surface area contributed by atoms with Gasteiger partial charge in [0.05, 0.1) is 0 Å². The van der Waals surface area contributed by atoms with Gasteiger partial charge in [-0.25, -0.2) is 12.8 Å². The van der Waals surface area contributed by atoms with Crippen molar-refractivity contribution in [1.29, 1.82) is 0 Å². The molecule has 166 valence electrons. The van der Waals surface area contributed by atoms with Crippen LogP contribution in [0.2, 0.25) is 0 Å². The van der Waals surface area contributed by atoms with Gasteiger partial charge >= 0.3 is 0 Å². The lowest BCUT2D eigenvalue weighted by atomic mass is 10.1. The molecule has 6 nitrogen and oxygen atoms in total. The molecular formula is C24H23FN2O4S. The van der Waals surface area contributed by atoms with Gasteiger partial charge in [-0.3, -0.25) is 4.79 Å². The molecule has 0 atom stereocenters. The number of carbonyl (C=O) groups is 1. The molecule has 32 heavy (non-hydrogen) atoms. The average Bonchev–Trinajstić information content (AvgIpc) is 2.83. The third-order valence-corrected chi connectivity index (χ3v) is 7.30. The van der Waals surface area contributed by atoms with Gasteiger partial charge in [-0.15, -0.1) is 0 Å². The summed E-state index contributed by atoms with van der Waals surface area (Å²) in [5.41, 5.74) is 1.88. The average molecular weight is 455 g/mol. The molecular weight excluding hydrogens is 431 g/mol. The van der Waals surface area contributed by atoms with E-state index >= 15 is 0 Å². The van der Waals surface area contributed by atoms with E-state index in [9.17, 15) is 17.6 Å². The lowest BCUT2D eigenvalue weighted by Crippen LogP contribution is -2.51. The predicted molar refractivity (Wildman–Crippen MR) is 119 cm³/mol. The van der Waals surface area contributed by atoms with Gasteiger partial charge in [-0.05, 0) is 23.8 Å². The molecule has 1 aliphatic rings. The van der Waals surface area contributed by atoms with Crippen molar-refractivity contribution in [3.05, 3.63) is 84.7 Å². The highest BCUT2D eigenvalue weighted by molar-refractivity contribution is 7.89. The van der Waals surface area contributed by atoms with Crippen LogP contribution in [0.15, 0.2) is 83.8 Å². The van der Waals surface area contributed by atoms with Gasteiger partial charge in [0.25, 0.3) is 5.91 Å². The van der Waals surface area contributed by atoms with Crippen LogP contribution in [-0.2, 0) is 14.8 Å². The number of nitrogens with zero attached hydrogens (tertiary/aromatic N) is 2. The Morgan fingerprint density at radius 3 is 2.19 bits per heavy atom. The number of ether oxygens (including phenoxy) is 1. The summed E-state index contributed by atoms with van der Waals surface area (Å²) in [7, 11) is -3.94. The van der Waals surface area contributed by atoms with Gasteiger partial charge in [0.1, 0.15) is 16.5 Å². The van der Waals surface area contributed by atoms with Crippen LogP contribution in [0.3, 0.4) is 0 Å². The largest absolute Gasteiger partial charge is 0.483 e. The van der Waals surface area contributed by atoms with Gasteiger partial charge in [0.15, 0.2) is 6.61 Å². The summed E-state index contributed by atoms with van der Waals surface area (Å²) in [6, 6.07) is 22.6. The fourth-order valence-corrected chi connectivity index (χ4v) is 5.14. The highest BCUT2D eigenvalue weighted by atomic mass is 32.2. The Morgan fingerprint density at radius 1 is 0.844 bits per heavy atom. The van der Waals surface area contributed by atoms with Crippen LogP contribution in [0, 0.1) is 5.82 Å². The first kappa shape index (κ1) is 22.0. The van der Waals surface area contributed by atoms with Gasteiger partial charge in [0.2, 0.25) is 10.0 Å². The Labute approximate surface area is 186 Å². The SMILES string of the molecule is O=C(COc1ccccc1-c1ccccc1)N1CCN(S(=O)(=O)c2ccccc2F)CC1. The first-order chi connectivity index (χ1) is 15.5. The summed E-state index contributed by atoms with van der Waals surface area (Å²) in [5.74, 6) is -0.403. The number of para-hydroxylation sites is 1. The van der Waals surface area contributed by atoms with Crippen molar-refractivity contribution in [2.24, 2.45) is 0 Å². The minimum Gasteiger partial charge on any atom is -0.483 e. The molecule has 0 spiro atoms. The van der Waals surface area contributed by atoms with Crippen molar-refractivity contribution < 1.29 is 22.3 Å². The monoisotopic (exact) mass is 454 g/mol. The van der Waals surface area contributed by atoms with Crippen LogP contribution in [0.25, 0.3) is 11.1 Å². The van der Waals surface area contributed by atoms with Crippen LogP contribution < -0.4 is 4.74 Å². The molecule has 0 N–H and O–H groups in total. The third-order valence-electron chi connectivity index (χ3n) is 5.37. The number of sulfonamides is 1. The molecule has 4 rings (SSSR count). The summed E-state index contributed by atoms with van der Waals surface area (Å²) in [6.07, 6.45) is 0. The highest BCUT2D eigenvalue weighted by Crippen LogP contribution is 2.29. The fourth-order valence-electron chi connectivity index (χ4n) is 3.65. The van der Waals surface area contributed by atoms with E-state index in [4.69, 9.17) is 4.74 Å². The Balaban J connectivity index is 1.37. The fraction of sp³-hybridized carbons (Fsp3) is 0.208. The summed E-state index contributed by atoms with van der Waals surface area (Å²) in [4.78, 5) is 13.9. The van der Waals surface area contributed by atoms with Crippen molar-refractivity contribution in [3.63, 3.8) is 0 Å². The number of hydrogen-bond donors (Lipinski definition) is 0. The van der Waals surface area contributed by atoms with E-state index in [1.807, 2.05) is 54.6 Å². The molecule has 0 unspecified atom stereocenters. The van der Waals surface area contributed by atoms with E-state index in [-0.39, 0.29) is 43.6 Å². The zero-order chi connectivity index (χ0) is 22.6. The molecule has 0 aromatic heterocycles. The number of carbonyl (C=O) groups excluding carboxylic acids is 1. The van der Waals surface area contributed by atoms with Crippen molar-refractivity contribution in [1.82, 2.24) is 9.21 Å². The van der Waals surface area contributed by atoms with Crippen molar-refractivity contribution >= 4 is 15.9 Å². The summed E-state index contributed by atoms with van der Waals surface area (Å²) < 4.78 is 46.4. The molecule has 3 aromatic carbocycles. The number of piperazine rings is 1. The van der Waals surface area contributed by atoms with E-state index in [1.165, 1.54) is 22.5 Å². The molecule has 0 aliphatic carbocycles. The maximum Gasteiger partial charge on any atom is 0.260 e. The second-order valence-electron chi connectivity index (χ2n) is 7.37. The van der Waals surface area contributed by atoms with Gasteiger partial charge in [0, 0.05) is 31.7 Å². The number of amides is 1. The van der Waals surface area contributed by atoms with E-state index in [0.29, 0.717) is 5.75 Å². The quantitative estimate of drug-likeness (QED) is 0.573. The van der Waals surface area contributed by atoms with Crippen LogP contribution in [0.5, 0.6) is 5.75 Å². The summed E-state index contributed by atoms with van der Waals surface area (Å²) in [5, 5.41) is 0. The topological polar surface area (TPSA) is 66.9 Å². The zero-order valence-corrected chi connectivity index (χ0v) is 18.2. The zero-order valence-electron chi connectivity index (χ0n) is 17.4. The molecule has 0 radical (unpaired) electrons. The minimum atomic E-state index is -3.94. The Kier molecular flexibility index (Phi) is 6.53. The van der Waals surface area contributed by atoms with Gasteiger partial charge in [-0.1, -0.05) is 60.7 Å². The normalized spacial score (nSPS) is 14.8. The number of hydrogen-bond acceptors (Lipinski definition) is 4. The van der Waals surface area contributed by atoms with Crippen LogP contribution in [-0.4, -0.2) is 56.3 Å². The first-order valence-corrected chi connectivity index (χ1v) is 11.7. The maximum atomic E-state index is 14.0. The molecule has 3 aromatic rings. The maximum absolute atomic E-state index is 14.0. The van der Waals surface area contributed by atoms with Crippen molar-refractivity contribution in [3.8, 4) is 16.9 Å². The van der Waals surface area contributed by atoms with Crippen LogP contribution >= 0.6 is 0 Å². The first-order valence-electron chi connectivity index (χ1n) is 10.3. The van der Waals surface area contributed by atoms with E-state index in [1.54, 1.807) is 4.90 Å². The predicted octanol–water partition coefficient (Wildman–Crippen LogP) is 3.40. The summed E-state index contributed by atoms with van der Waals surface area (Å²) in [6.45, 7) is 0.488. The molecule has 1 saturated heterocycles. The lowest BCUT2D eigenvalue weighted by molar-refractivity contribution is -0.134. The van der Waals surface area contributed by atoms with Crippen molar-refractivity contribution in [2.45, 2.75) is 4.90 Å². The van der Waals surface area contributed by atoms with Crippen LogP contribution in [0.1, 0.15) is 0 Å². The summed E-state index contributed by atoms with van der Waals surface area (Å²) >= 11 is 0. The van der Waals surface area contributed by atoms with Gasteiger partial charge in [-0.2, -0.15) is 4.31 Å². The smallest absolute Gasteiger partial charge is 0.260 e. The Morgan fingerprint density at radius 2 is 1.47 bits per heavy atom. The second kappa shape index (κ2) is 9.50.